The van der Waals surface area contributed by atoms with E-state index < -0.39 is 28.8 Å². The van der Waals surface area contributed by atoms with Crippen LogP contribution in [0.5, 0.6) is 0 Å². The van der Waals surface area contributed by atoms with Crippen LogP contribution in [0.2, 0.25) is 0 Å². The number of carbonyl (C=O) groups is 3. The third kappa shape index (κ3) is 2.87. The number of amides is 1. The summed E-state index contributed by atoms with van der Waals surface area (Å²) in [5.74, 6) is -2.81. The molecule has 6 nitrogen and oxygen atoms in total. The number of primary amides is 1. The van der Waals surface area contributed by atoms with Gasteiger partial charge < -0.3 is 10.5 Å². The predicted molar refractivity (Wildman–Crippen MR) is 70.0 cm³/mol. The van der Waals surface area contributed by atoms with Gasteiger partial charge in [-0.2, -0.15) is 5.26 Å². The highest BCUT2D eigenvalue weighted by Crippen LogP contribution is 2.41. The van der Waals surface area contributed by atoms with Crippen LogP contribution in [0.15, 0.2) is 11.1 Å². The highest BCUT2D eigenvalue weighted by atomic mass is 16.5. The monoisotopic (exact) mass is 278 g/mol. The van der Waals surface area contributed by atoms with Gasteiger partial charge in [0.2, 0.25) is 0 Å². The average Bonchev–Trinajstić information content (AvgIpc) is 2.61. The molecule has 0 radical (unpaired) electrons. The van der Waals surface area contributed by atoms with E-state index in [1.54, 1.807) is 26.8 Å². The van der Waals surface area contributed by atoms with Crippen LogP contribution >= 0.6 is 0 Å². The number of Topliss-reactive ketones (excluding diaryl/α,β-unsaturated/α-hetero) is 1. The molecule has 1 saturated carbocycles. The summed E-state index contributed by atoms with van der Waals surface area (Å²) in [7, 11) is 0. The number of hydrogen-bond donors (Lipinski definition) is 1. The smallest absolute Gasteiger partial charge is 0.336 e. The predicted octanol–water partition coefficient (Wildman–Crippen LogP) is 0.860. The van der Waals surface area contributed by atoms with Crippen molar-refractivity contribution < 1.29 is 19.1 Å². The van der Waals surface area contributed by atoms with Gasteiger partial charge in [-0.25, -0.2) is 4.79 Å². The second-order valence-electron chi connectivity index (χ2n) is 5.32. The van der Waals surface area contributed by atoms with E-state index in [4.69, 9.17) is 15.7 Å². The Kier molecular flexibility index (Phi) is 4.66. The molecule has 1 amide bonds. The van der Waals surface area contributed by atoms with E-state index in [2.05, 4.69) is 0 Å². The number of nitrogens with two attached hydrogens (primary N) is 1. The second-order valence-corrected chi connectivity index (χ2v) is 5.32. The molecule has 108 valence electrons. The van der Waals surface area contributed by atoms with Crippen LogP contribution in [0.25, 0.3) is 0 Å². The Morgan fingerprint density at radius 1 is 1.50 bits per heavy atom. The highest BCUT2D eigenvalue weighted by Gasteiger charge is 2.45. The Labute approximate surface area is 117 Å². The standard InChI is InChI=1S/C14H18N2O4/c1-4-20-13(19)10(9(7-15)12(16)18)8-5-6-14(2,3)11(8)17/h8H,4-6H2,1-3H3,(H2,16,18)/b10-9+. The zero-order valence-electron chi connectivity index (χ0n) is 11.9. The maximum atomic E-state index is 12.3. The molecule has 1 atom stereocenters. The molecule has 0 aliphatic heterocycles. The maximum Gasteiger partial charge on any atom is 0.336 e. The summed E-state index contributed by atoms with van der Waals surface area (Å²) < 4.78 is 4.86. The van der Waals surface area contributed by atoms with Gasteiger partial charge >= 0.3 is 5.97 Å². The van der Waals surface area contributed by atoms with Crippen LogP contribution in [0.4, 0.5) is 0 Å². The number of ether oxygens (including phenoxy) is 1. The van der Waals surface area contributed by atoms with Crippen molar-refractivity contribution in [3.8, 4) is 6.07 Å². The molecule has 6 heteroatoms. The lowest BCUT2D eigenvalue weighted by Gasteiger charge is -2.17. The van der Waals surface area contributed by atoms with Crippen LogP contribution in [-0.2, 0) is 19.1 Å². The number of hydrogen-bond acceptors (Lipinski definition) is 5. The van der Waals surface area contributed by atoms with E-state index in [-0.39, 0.29) is 18.0 Å². The van der Waals surface area contributed by atoms with Crippen molar-refractivity contribution in [1.29, 1.82) is 5.26 Å². The minimum Gasteiger partial charge on any atom is -0.463 e. The number of nitriles is 1. The van der Waals surface area contributed by atoms with Crippen molar-refractivity contribution in [2.24, 2.45) is 17.1 Å². The molecular formula is C14H18N2O4. The Morgan fingerprint density at radius 2 is 2.10 bits per heavy atom. The van der Waals surface area contributed by atoms with Gasteiger partial charge in [-0.15, -0.1) is 0 Å². The summed E-state index contributed by atoms with van der Waals surface area (Å²) in [4.78, 5) is 35.6. The van der Waals surface area contributed by atoms with Gasteiger partial charge in [0.1, 0.15) is 17.4 Å². The Balaban J connectivity index is 3.35. The lowest BCUT2D eigenvalue weighted by Crippen LogP contribution is -2.29. The number of ketones is 1. The van der Waals surface area contributed by atoms with E-state index in [0.29, 0.717) is 12.8 Å². The molecule has 1 fully saturated rings. The molecule has 0 bridgehead atoms. The van der Waals surface area contributed by atoms with Gasteiger partial charge in [-0.3, -0.25) is 9.59 Å². The molecular weight excluding hydrogens is 260 g/mol. The molecule has 20 heavy (non-hydrogen) atoms. The molecule has 1 unspecified atom stereocenters. The lowest BCUT2D eigenvalue weighted by molar-refractivity contribution is -0.141. The first kappa shape index (κ1) is 15.9. The quantitative estimate of drug-likeness (QED) is 0.466. The zero-order valence-corrected chi connectivity index (χ0v) is 11.9. The maximum absolute atomic E-state index is 12.3. The molecule has 0 spiro atoms. The molecule has 1 aliphatic carbocycles. The molecule has 0 heterocycles. The van der Waals surface area contributed by atoms with Gasteiger partial charge in [0.05, 0.1) is 18.1 Å². The first-order valence-electron chi connectivity index (χ1n) is 6.41. The van der Waals surface area contributed by atoms with Gasteiger partial charge in [-0.1, -0.05) is 13.8 Å². The van der Waals surface area contributed by atoms with Gasteiger partial charge in [0.15, 0.2) is 0 Å². The molecule has 1 rings (SSSR count). The highest BCUT2D eigenvalue weighted by molar-refractivity contribution is 6.09. The number of carbonyl (C=O) groups excluding carboxylic acids is 3. The average molecular weight is 278 g/mol. The fourth-order valence-corrected chi connectivity index (χ4v) is 2.38. The minimum absolute atomic E-state index is 0.0874. The van der Waals surface area contributed by atoms with Crippen LogP contribution in [0.3, 0.4) is 0 Å². The van der Waals surface area contributed by atoms with E-state index in [0.717, 1.165) is 0 Å². The van der Waals surface area contributed by atoms with E-state index in [1.807, 2.05) is 0 Å². The van der Waals surface area contributed by atoms with Gasteiger partial charge in [0, 0.05) is 5.41 Å². The van der Waals surface area contributed by atoms with Gasteiger partial charge in [-0.05, 0) is 19.8 Å². The fraction of sp³-hybridized carbons (Fsp3) is 0.571. The first-order chi connectivity index (χ1) is 9.26. The van der Waals surface area contributed by atoms with E-state index in [1.165, 1.54) is 0 Å². The normalized spacial score (nSPS) is 21.9. The summed E-state index contributed by atoms with van der Waals surface area (Å²) in [5.41, 5.74) is 3.86. The van der Waals surface area contributed by atoms with Crippen LogP contribution in [0, 0.1) is 22.7 Å². The topological polar surface area (TPSA) is 110 Å². The Hall–Kier alpha value is -2.16. The largest absolute Gasteiger partial charge is 0.463 e. The van der Waals surface area contributed by atoms with E-state index >= 15 is 0 Å². The van der Waals surface area contributed by atoms with Crippen molar-refractivity contribution in [2.45, 2.75) is 33.6 Å². The van der Waals surface area contributed by atoms with Crippen molar-refractivity contribution in [2.75, 3.05) is 6.61 Å². The third-order valence-electron chi connectivity index (χ3n) is 3.51. The van der Waals surface area contributed by atoms with Crippen LogP contribution in [-0.4, -0.2) is 24.3 Å². The number of esters is 1. The molecule has 0 aromatic carbocycles. The number of nitrogens with zero attached hydrogens (tertiary/aromatic N) is 1. The third-order valence-corrected chi connectivity index (χ3v) is 3.51. The van der Waals surface area contributed by atoms with Crippen LogP contribution in [0.1, 0.15) is 33.6 Å². The number of rotatable bonds is 4. The second kappa shape index (κ2) is 5.87. The fourth-order valence-electron chi connectivity index (χ4n) is 2.38. The van der Waals surface area contributed by atoms with Crippen molar-refractivity contribution in [3.05, 3.63) is 11.1 Å². The van der Waals surface area contributed by atoms with Crippen molar-refractivity contribution in [1.82, 2.24) is 0 Å². The van der Waals surface area contributed by atoms with Gasteiger partial charge in [0.25, 0.3) is 5.91 Å². The Morgan fingerprint density at radius 3 is 2.45 bits per heavy atom. The van der Waals surface area contributed by atoms with Crippen molar-refractivity contribution >= 4 is 17.7 Å². The lowest BCUT2D eigenvalue weighted by atomic mass is 9.85. The summed E-state index contributed by atoms with van der Waals surface area (Å²) in [5, 5.41) is 9.03. The zero-order chi connectivity index (χ0) is 15.5. The minimum atomic E-state index is -1.02. The molecule has 0 aromatic heterocycles. The van der Waals surface area contributed by atoms with Crippen molar-refractivity contribution in [3.63, 3.8) is 0 Å². The van der Waals surface area contributed by atoms with Crippen LogP contribution < -0.4 is 5.73 Å². The summed E-state index contributed by atoms with van der Waals surface area (Å²) in [6.07, 6.45) is 0.981. The SMILES string of the molecule is CCOC(=O)/C(=C(\C#N)C(N)=O)C1CCC(C)(C)C1=O. The Bertz CT molecular complexity index is 526. The summed E-state index contributed by atoms with van der Waals surface area (Å²) in [6.45, 7) is 5.24. The first-order valence-corrected chi connectivity index (χ1v) is 6.41. The molecule has 0 saturated heterocycles. The molecule has 1 aliphatic rings. The summed E-state index contributed by atoms with van der Waals surface area (Å²) >= 11 is 0. The molecule has 2 N–H and O–H groups in total. The molecule has 0 aromatic rings. The summed E-state index contributed by atoms with van der Waals surface area (Å²) in [6, 6.07) is 1.62. The van der Waals surface area contributed by atoms with E-state index in [9.17, 15) is 14.4 Å².